The normalized spacial score (nSPS) is 25.9. The molecule has 5 heteroatoms. The van der Waals surface area contributed by atoms with Crippen LogP contribution in [0.5, 0.6) is 5.88 Å². The van der Waals surface area contributed by atoms with E-state index < -0.39 is 0 Å². The minimum Gasteiger partial charge on any atom is -0.474 e. The number of anilines is 1. The van der Waals surface area contributed by atoms with Crippen LogP contribution in [0.15, 0.2) is 6.33 Å². The van der Waals surface area contributed by atoms with Gasteiger partial charge in [-0.25, -0.2) is 15.8 Å². The van der Waals surface area contributed by atoms with Gasteiger partial charge in [-0.2, -0.15) is 0 Å². The molecule has 1 aromatic heterocycles. The number of hydrogen-bond donors (Lipinski definition) is 2. The Morgan fingerprint density at radius 3 is 2.76 bits per heavy atom. The molecule has 1 aliphatic rings. The van der Waals surface area contributed by atoms with E-state index in [4.69, 9.17) is 10.6 Å². The molecule has 1 fully saturated rings. The van der Waals surface area contributed by atoms with Crippen LogP contribution in [-0.4, -0.2) is 16.1 Å². The Morgan fingerprint density at radius 2 is 2.14 bits per heavy atom. The van der Waals surface area contributed by atoms with Crippen molar-refractivity contribution in [3.8, 4) is 5.88 Å². The maximum Gasteiger partial charge on any atom is 0.222 e. The number of rotatable bonds is 5. The quantitative estimate of drug-likeness (QED) is 0.644. The Hall–Kier alpha value is -1.36. The predicted molar refractivity (Wildman–Crippen MR) is 85.0 cm³/mol. The van der Waals surface area contributed by atoms with Gasteiger partial charge >= 0.3 is 0 Å². The summed E-state index contributed by atoms with van der Waals surface area (Å²) in [4.78, 5) is 8.51. The van der Waals surface area contributed by atoms with E-state index in [2.05, 4.69) is 43.1 Å². The van der Waals surface area contributed by atoms with Crippen LogP contribution in [0.2, 0.25) is 0 Å². The Balaban J connectivity index is 2.22. The van der Waals surface area contributed by atoms with Crippen LogP contribution in [0, 0.1) is 17.8 Å². The van der Waals surface area contributed by atoms with Crippen LogP contribution in [0.1, 0.15) is 52.5 Å². The molecule has 1 aromatic rings. The third-order valence-corrected chi connectivity index (χ3v) is 4.62. The SMILES string of the molecule is CCc1c(NN)ncnc1OC1CC(C)CCC1C(C)C. The molecule has 0 aromatic carbocycles. The van der Waals surface area contributed by atoms with Crippen molar-refractivity contribution in [2.24, 2.45) is 23.6 Å². The summed E-state index contributed by atoms with van der Waals surface area (Å²) in [6.07, 6.45) is 6.17. The molecule has 1 aliphatic carbocycles. The first kappa shape index (κ1) is 16.0. The van der Waals surface area contributed by atoms with Crippen LogP contribution < -0.4 is 16.0 Å². The minimum atomic E-state index is 0.236. The summed E-state index contributed by atoms with van der Waals surface area (Å²) < 4.78 is 6.32. The lowest BCUT2D eigenvalue weighted by Gasteiger charge is -2.37. The monoisotopic (exact) mass is 292 g/mol. The Kier molecular flexibility index (Phi) is 5.39. The number of nitrogens with two attached hydrogens (primary N) is 1. The van der Waals surface area contributed by atoms with Crippen molar-refractivity contribution >= 4 is 5.82 Å². The number of hydrazine groups is 1. The summed E-state index contributed by atoms with van der Waals surface area (Å²) in [5.74, 6) is 8.81. The fraction of sp³-hybridized carbons (Fsp3) is 0.750. The van der Waals surface area contributed by atoms with Crippen molar-refractivity contribution in [1.29, 1.82) is 0 Å². The zero-order chi connectivity index (χ0) is 15.4. The number of nitrogen functional groups attached to an aromatic ring is 1. The maximum atomic E-state index is 6.32. The summed E-state index contributed by atoms with van der Waals surface area (Å²) in [6, 6.07) is 0. The van der Waals surface area contributed by atoms with Crippen LogP contribution in [0.25, 0.3) is 0 Å². The molecule has 0 amide bonds. The van der Waals surface area contributed by atoms with E-state index >= 15 is 0 Å². The van der Waals surface area contributed by atoms with Gasteiger partial charge < -0.3 is 10.2 Å². The molecule has 5 nitrogen and oxygen atoms in total. The van der Waals surface area contributed by atoms with Gasteiger partial charge in [-0.3, -0.25) is 0 Å². The van der Waals surface area contributed by atoms with Crippen molar-refractivity contribution in [2.45, 2.75) is 59.5 Å². The van der Waals surface area contributed by atoms with Gasteiger partial charge in [-0.05, 0) is 37.0 Å². The highest BCUT2D eigenvalue weighted by Crippen LogP contribution is 2.36. The van der Waals surface area contributed by atoms with Crippen LogP contribution in [0.4, 0.5) is 5.82 Å². The van der Waals surface area contributed by atoms with Crippen molar-refractivity contribution in [3.63, 3.8) is 0 Å². The zero-order valence-electron chi connectivity index (χ0n) is 13.6. The van der Waals surface area contributed by atoms with E-state index in [0.717, 1.165) is 18.4 Å². The molecule has 21 heavy (non-hydrogen) atoms. The fourth-order valence-electron chi connectivity index (χ4n) is 3.33. The molecule has 0 spiro atoms. The van der Waals surface area contributed by atoms with Crippen molar-refractivity contribution < 1.29 is 4.74 Å². The molecular formula is C16H28N4O. The number of hydrogen-bond acceptors (Lipinski definition) is 5. The van der Waals surface area contributed by atoms with Gasteiger partial charge in [-0.15, -0.1) is 0 Å². The van der Waals surface area contributed by atoms with E-state index in [0.29, 0.717) is 29.5 Å². The zero-order valence-corrected chi connectivity index (χ0v) is 13.6. The van der Waals surface area contributed by atoms with Gasteiger partial charge in [0.05, 0.1) is 5.56 Å². The lowest BCUT2D eigenvalue weighted by Crippen LogP contribution is -2.36. The Labute approximate surface area is 127 Å². The van der Waals surface area contributed by atoms with E-state index in [1.807, 2.05) is 0 Å². The second kappa shape index (κ2) is 7.07. The van der Waals surface area contributed by atoms with Crippen LogP contribution in [0.3, 0.4) is 0 Å². The predicted octanol–water partition coefficient (Wildman–Crippen LogP) is 3.16. The molecular weight excluding hydrogens is 264 g/mol. The first-order valence-electron chi connectivity index (χ1n) is 8.03. The molecule has 0 aliphatic heterocycles. The van der Waals surface area contributed by atoms with E-state index in [9.17, 15) is 0 Å². The maximum absolute atomic E-state index is 6.32. The Morgan fingerprint density at radius 1 is 1.38 bits per heavy atom. The molecule has 0 radical (unpaired) electrons. The first-order chi connectivity index (χ1) is 10.1. The molecule has 0 saturated heterocycles. The van der Waals surface area contributed by atoms with Crippen molar-refractivity contribution in [1.82, 2.24) is 9.97 Å². The molecule has 0 bridgehead atoms. The number of nitrogens with one attached hydrogen (secondary N) is 1. The van der Waals surface area contributed by atoms with Gasteiger partial charge in [0.15, 0.2) is 0 Å². The minimum absolute atomic E-state index is 0.236. The summed E-state index contributed by atoms with van der Waals surface area (Å²) in [5, 5.41) is 0. The van der Waals surface area contributed by atoms with Gasteiger partial charge in [-0.1, -0.05) is 34.1 Å². The molecule has 118 valence electrons. The largest absolute Gasteiger partial charge is 0.474 e. The standard InChI is InChI=1S/C16H28N4O/c1-5-12-15(20-17)18-9-19-16(12)21-14-8-11(4)6-7-13(14)10(2)3/h9-11,13-14H,5-8,17H2,1-4H3,(H,18,19,20). The van der Waals surface area contributed by atoms with Gasteiger partial charge in [0, 0.05) is 0 Å². The van der Waals surface area contributed by atoms with Crippen molar-refractivity contribution in [3.05, 3.63) is 11.9 Å². The third-order valence-electron chi connectivity index (χ3n) is 4.62. The number of ether oxygens (including phenoxy) is 1. The highest BCUT2D eigenvalue weighted by atomic mass is 16.5. The van der Waals surface area contributed by atoms with E-state index in [1.54, 1.807) is 0 Å². The molecule has 1 heterocycles. The highest BCUT2D eigenvalue weighted by Gasteiger charge is 2.33. The Bertz CT molecular complexity index is 464. The highest BCUT2D eigenvalue weighted by molar-refractivity contribution is 5.47. The van der Waals surface area contributed by atoms with Gasteiger partial charge in [0.1, 0.15) is 18.2 Å². The van der Waals surface area contributed by atoms with Crippen molar-refractivity contribution in [2.75, 3.05) is 5.43 Å². The summed E-state index contributed by atoms with van der Waals surface area (Å²) >= 11 is 0. The molecule has 2 rings (SSSR count). The average Bonchev–Trinajstić information content (AvgIpc) is 2.46. The molecule has 3 unspecified atom stereocenters. The lowest BCUT2D eigenvalue weighted by molar-refractivity contribution is 0.0418. The molecule has 1 saturated carbocycles. The fourth-order valence-corrected chi connectivity index (χ4v) is 3.33. The molecule has 3 N–H and O–H groups in total. The second-order valence-corrected chi connectivity index (χ2v) is 6.49. The first-order valence-corrected chi connectivity index (χ1v) is 8.03. The van der Waals surface area contributed by atoms with E-state index in [1.165, 1.54) is 19.2 Å². The third kappa shape index (κ3) is 3.64. The average molecular weight is 292 g/mol. The number of nitrogens with zero attached hydrogens (tertiary/aromatic N) is 2. The second-order valence-electron chi connectivity index (χ2n) is 6.49. The lowest BCUT2D eigenvalue weighted by atomic mass is 9.75. The number of aromatic nitrogens is 2. The topological polar surface area (TPSA) is 73.1 Å². The summed E-state index contributed by atoms with van der Waals surface area (Å²) in [5.41, 5.74) is 3.59. The van der Waals surface area contributed by atoms with E-state index in [-0.39, 0.29) is 6.10 Å². The summed E-state index contributed by atoms with van der Waals surface area (Å²) in [6.45, 7) is 8.94. The van der Waals surface area contributed by atoms with Crippen LogP contribution >= 0.6 is 0 Å². The van der Waals surface area contributed by atoms with Gasteiger partial charge in [0.2, 0.25) is 5.88 Å². The summed E-state index contributed by atoms with van der Waals surface area (Å²) in [7, 11) is 0. The smallest absolute Gasteiger partial charge is 0.222 e. The molecule has 3 atom stereocenters. The van der Waals surface area contributed by atoms with Crippen LogP contribution in [-0.2, 0) is 6.42 Å². The van der Waals surface area contributed by atoms with Gasteiger partial charge in [0.25, 0.3) is 0 Å².